The Kier molecular flexibility index (Phi) is 5.49. The molecule has 0 radical (unpaired) electrons. The number of nitrogens with one attached hydrogen (secondary N) is 1. The number of carbonyl (C=O) groups is 1. The fourth-order valence-corrected chi connectivity index (χ4v) is 2.75. The van der Waals surface area contributed by atoms with E-state index in [1.165, 1.54) is 6.20 Å². The zero-order valence-corrected chi connectivity index (χ0v) is 15.4. The van der Waals surface area contributed by atoms with E-state index in [1.807, 2.05) is 61.3 Å². The highest BCUT2D eigenvalue weighted by Crippen LogP contribution is 2.17. The molecule has 1 aromatic heterocycles. The minimum absolute atomic E-state index is 0.125. The Morgan fingerprint density at radius 1 is 1.15 bits per heavy atom. The molecule has 1 N–H and O–H groups in total. The van der Waals surface area contributed by atoms with E-state index in [9.17, 15) is 4.79 Å². The number of carbonyl (C=O) groups excluding carboxylic acids is 1. The highest BCUT2D eigenvalue weighted by Gasteiger charge is 2.08. The van der Waals surface area contributed by atoms with Crippen molar-refractivity contribution in [1.82, 2.24) is 9.97 Å². The van der Waals surface area contributed by atoms with Crippen molar-refractivity contribution in [2.45, 2.75) is 13.5 Å². The molecule has 0 unspecified atom stereocenters. The lowest BCUT2D eigenvalue weighted by molar-refractivity contribution is 0.102. The van der Waals surface area contributed by atoms with Crippen molar-refractivity contribution < 1.29 is 4.79 Å². The Balaban J connectivity index is 1.71. The van der Waals surface area contributed by atoms with Gasteiger partial charge in [0.15, 0.2) is 0 Å². The predicted octanol–water partition coefficient (Wildman–Crippen LogP) is 4.33. The topological polar surface area (TPSA) is 58.1 Å². The first-order valence-electron chi connectivity index (χ1n) is 8.17. The van der Waals surface area contributed by atoms with Crippen LogP contribution < -0.4 is 10.2 Å². The molecule has 0 saturated carbocycles. The van der Waals surface area contributed by atoms with Gasteiger partial charge in [-0.2, -0.15) is 0 Å². The lowest BCUT2D eigenvalue weighted by atomic mass is 10.1. The molecule has 0 aliphatic rings. The summed E-state index contributed by atoms with van der Waals surface area (Å²) in [6, 6.07) is 15.2. The smallest absolute Gasteiger partial charge is 0.255 e. The van der Waals surface area contributed by atoms with Gasteiger partial charge in [0, 0.05) is 24.8 Å². The van der Waals surface area contributed by atoms with Crippen LogP contribution in [0.15, 0.2) is 60.9 Å². The summed E-state index contributed by atoms with van der Waals surface area (Å²) < 4.78 is 0. The number of benzene rings is 2. The Morgan fingerprint density at radius 3 is 2.73 bits per heavy atom. The molecule has 26 heavy (non-hydrogen) atoms. The number of hydrogen-bond donors (Lipinski definition) is 1. The van der Waals surface area contributed by atoms with Gasteiger partial charge in [-0.3, -0.25) is 9.78 Å². The third-order valence-electron chi connectivity index (χ3n) is 3.87. The lowest BCUT2D eigenvalue weighted by Gasteiger charge is -2.18. The van der Waals surface area contributed by atoms with Crippen LogP contribution in [0.3, 0.4) is 0 Å². The molecule has 132 valence electrons. The van der Waals surface area contributed by atoms with Crippen molar-refractivity contribution >= 4 is 29.0 Å². The maximum atomic E-state index is 12.4. The fraction of sp³-hybridized carbons (Fsp3) is 0.150. The van der Waals surface area contributed by atoms with Gasteiger partial charge < -0.3 is 10.2 Å². The normalized spacial score (nSPS) is 10.4. The molecule has 0 bridgehead atoms. The molecular weight excluding hydrogens is 348 g/mol. The fourth-order valence-electron chi connectivity index (χ4n) is 2.61. The van der Waals surface area contributed by atoms with Gasteiger partial charge >= 0.3 is 0 Å². The van der Waals surface area contributed by atoms with Gasteiger partial charge in [0.05, 0.1) is 12.4 Å². The molecule has 0 saturated heterocycles. The van der Waals surface area contributed by atoms with Crippen LogP contribution in [0.25, 0.3) is 0 Å². The molecule has 1 amide bonds. The van der Waals surface area contributed by atoms with Crippen LogP contribution >= 0.6 is 11.6 Å². The van der Waals surface area contributed by atoms with E-state index < -0.39 is 0 Å². The highest BCUT2D eigenvalue weighted by atomic mass is 35.5. The van der Waals surface area contributed by atoms with Crippen LogP contribution in [-0.4, -0.2) is 22.9 Å². The first-order chi connectivity index (χ1) is 12.5. The van der Waals surface area contributed by atoms with Gasteiger partial charge in [-0.05, 0) is 36.8 Å². The van der Waals surface area contributed by atoms with E-state index in [-0.39, 0.29) is 5.91 Å². The predicted molar refractivity (Wildman–Crippen MR) is 105 cm³/mol. The second-order valence-corrected chi connectivity index (χ2v) is 6.47. The van der Waals surface area contributed by atoms with Crippen LogP contribution in [-0.2, 0) is 6.54 Å². The molecule has 6 heteroatoms. The van der Waals surface area contributed by atoms with E-state index in [2.05, 4.69) is 15.3 Å². The zero-order valence-electron chi connectivity index (χ0n) is 14.6. The second-order valence-electron chi connectivity index (χ2n) is 6.08. The van der Waals surface area contributed by atoms with Gasteiger partial charge in [0.25, 0.3) is 5.91 Å². The summed E-state index contributed by atoms with van der Waals surface area (Å²) >= 11 is 5.90. The van der Waals surface area contributed by atoms with E-state index in [0.29, 0.717) is 23.1 Å². The molecule has 0 aliphatic heterocycles. The molecule has 5 nitrogen and oxygen atoms in total. The lowest BCUT2D eigenvalue weighted by Crippen LogP contribution is -2.18. The minimum atomic E-state index is -0.125. The summed E-state index contributed by atoms with van der Waals surface area (Å²) in [4.78, 5) is 22.6. The molecule has 3 rings (SSSR count). The monoisotopic (exact) mass is 366 g/mol. The zero-order chi connectivity index (χ0) is 18.5. The summed E-state index contributed by atoms with van der Waals surface area (Å²) in [6.07, 6.45) is 3.16. The van der Waals surface area contributed by atoms with Gasteiger partial charge in [0.2, 0.25) is 0 Å². The van der Waals surface area contributed by atoms with Crippen molar-refractivity contribution in [3.8, 4) is 0 Å². The Bertz CT molecular complexity index is 929. The SMILES string of the molecule is Cc1cccc(C(=O)Nc2cccc(CN(C)c3cncc(Cl)n3)c2)c1. The quantitative estimate of drug-likeness (QED) is 0.730. The largest absolute Gasteiger partial charge is 0.354 e. The maximum absolute atomic E-state index is 12.4. The molecule has 1 heterocycles. The maximum Gasteiger partial charge on any atom is 0.255 e. The third kappa shape index (κ3) is 4.58. The third-order valence-corrected chi connectivity index (χ3v) is 4.05. The van der Waals surface area contributed by atoms with Crippen molar-refractivity contribution in [1.29, 1.82) is 0 Å². The number of aromatic nitrogens is 2. The first-order valence-corrected chi connectivity index (χ1v) is 8.55. The van der Waals surface area contributed by atoms with Gasteiger partial charge in [-0.1, -0.05) is 41.4 Å². The molecule has 0 fully saturated rings. The van der Waals surface area contributed by atoms with Crippen LogP contribution in [0, 0.1) is 6.92 Å². The van der Waals surface area contributed by atoms with E-state index in [4.69, 9.17) is 11.6 Å². The molecule has 0 atom stereocenters. The summed E-state index contributed by atoms with van der Waals surface area (Å²) in [5.41, 5.74) is 3.48. The molecule has 3 aromatic rings. The van der Waals surface area contributed by atoms with Crippen LogP contribution in [0.2, 0.25) is 5.15 Å². The van der Waals surface area contributed by atoms with Crippen molar-refractivity contribution in [3.05, 3.63) is 82.8 Å². The van der Waals surface area contributed by atoms with Crippen molar-refractivity contribution in [3.63, 3.8) is 0 Å². The number of amides is 1. The summed E-state index contributed by atoms with van der Waals surface area (Å²) in [5.74, 6) is 0.562. The Morgan fingerprint density at radius 2 is 1.96 bits per heavy atom. The summed E-state index contributed by atoms with van der Waals surface area (Å²) in [6.45, 7) is 2.58. The number of halogens is 1. The van der Waals surface area contributed by atoms with Crippen LogP contribution in [0.5, 0.6) is 0 Å². The van der Waals surface area contributed by atoms with Crippen molar-refractivity contribution in [2.24, 2.45) is 0 Å². The first kappa shape index (κ1) is 17.9. The van der Waals surface area contributed by atoms with E-state index >= 15 is 0 Å². The second kappa shape index (κ2) is 7.97. The minimum Gasteiger partial charge on any atom is -0.354 e. The van der Waals surface area contributed by atoms with E-state index in [1.54, 1.807) is 12.3 Å². The highest BCUT2D eigenvalue weighted by molar-refractivity contribution is 6.29. The number of nitrogens with zero attached hydrogens (tertiary/aromatic N) is 3. The molecule has 2 aromatic carbocycles. The summed E-state index contributed by atoms with van der Waals surface area (Å²) in [7, 11) is 1.92. The molecule has 0 spiro atoms. The molecule has 0 aliphatic carbocycles. The number of anilines is 2. The average molecular weight is 367 g/mol. The van der Waals surface area contributed by atoms with Gasteiger partial charge in [-0.25, -0.2) is 4.98 Å². The standard InChI is InChI=1S/C20H19ClN4O/c1-14-5-3-7-16(9-14)20(26)23-17-8-4-6-15(10-17)13-25(2)19-12-22-11-18(21)24-19/h3-12H,13H2,1-2H3,(H,23,26). The van der Waals surface area contributed by atoms with Gasteiger partial charge in [-0.15, -0.1) is 0 Å². The van der Waals surface area contributed by atoms with Crippen LogP contribution in [0.1, 0.15) is 21.5 Å². The number of rotatable bonds is 5. The number of aryl methyl sites for hydroxylation is 1. The van der Waals surface area contributed by atoms with Crippen molar-refractivity contribution in [2.75, 3.05) is 17.3 Å². The summed E-state index contributed by atoms with van der Waals surface area (Å²) in [5, 5.41) is 3.30. The van der Waals surface area contributed by atoms with Crippen LogP contribution in [0.4, 0.5) is 11.5 Å². The Labute approximate surface area is 157 Å². The van der Waals surface area contributed by atoms with E-state index in [0.717, 1.165) is 16.8 Å². The van der Waals surface area contributed by atoms with Gasteiger partial charge in [0.1, 0.15) is 11.0 Å². The average Bonchev–Trinajstić information content (AvgIpc) is 2.62. The number of hydrogen-bond acceptors (Lipinski definition) is 4. The Hall–Kier alpha value is -2.92. The molecular formula is C20H19ClN4O.